The van der Waals surface area contributed by atoms with Crippen molar-refractivity contribution in [3.05, 3.63) is 59.0 Å². The van der Waals surface area contributed by atoms with Crippen LogP contribution in [0.25, 0.3) is 0 Å². The summed E-state index contributed by atoms with van der Waals surface area (Å²) < 4.78 is 1.89. The van der Waals surface area contributed by atoms with Gasteiger partial charge in [0, 0.05) is 36.9 Å². The van der Waals surface area contributed by atoms with E-state index in [2.05, 4.69) is 20.3 Å². The number of benzene rings is 1. The Kier molecular flexibility index (Phi) is 6.06. The van der Waals surface area contributed by atoms with Gasteiger partial charge in [0.1, 0.15) is 11.7 Å². The molecule has 2 aliphatic heterocycles. The summed E-state index contributed by atoms with van der Waals surface area (Å²) >= 11 is 5.94. The van der Waals surface area contributed by atoms with Crippen molar-refractivity contribution in [3.63, 3.8) is 0 Å². The van der Waals surface area contributed by atoms with Crippen LogP contribution in [0.4, 0.5) is 17.5 Å². The molecular formula is C21H24ClN7OS. The normalized spacial score (nSPS) is 17.2. The summed E-state index contributed by atoms with van der Waals surface area (Å²) in [4.78, 5) is 25.4. The summed E-state index contributed by atoms with van der Waals surface area (Å²) in [7, 11) is 1.79. The van der Waals surface area contributed by atoms with Gasteiger partial charge in [0.15, 0.2) is 5.82 Å². The average molecular weight is 458 g/mol. The van der Waals surface area contributed by atoms with Crippen LogP contribution in [0.2, 0.25) is 5.02 Å². The third kappa shape index (κ3) is 4.20. The number of halogens is 1. The van der Waals surface area contributed by atoms with E-state index in [9.17, 15) is 4.79 Å². The average Bonchev–Trinajstić information content (AvgIpc) is 3.42. The van der Waals surface area contributed by atoms with Gasteiger partial charge in [-0.3, -0.25) is 9.48 Å². The minimum absolute atomic E-state index is 0. The molecule has 0 saturated carbocycles. The molecule has 1 atom stereocenters. The van der Waals surface area contributed by atoms with Gasteiger partial charge < -0.3 is 15.1 Å². The van der Waals surface area contributed by atoms with E-state index in [1.165, 1.54) is 0 Å². The fourth-order valence-corrected chi connectivity index (χ4v) is 4.19. The summed E-state index contributed by atoms with van der Waals surface area (Å²) in [5.41, 5.74) is 2.94. The number of nitrogens with one attached hydrogen (secondary N) is 1. The van der Waals surface area contributed by atoms with Crippen molar-refractivity contribution in [1.82, 2.24) is 19.7 Å². The number of rotatable bonds is 5. The van der Waals surface area contributed by atoms with Crippen LogP contribution in [-0.2, 0) is 17.9 Å². The van der Waals surface area contributed by atoms with Crippen molar-refractivity contribution in [1.29, 1.82) is 0 Å². The molecule has 1 saturated heterocycles. The van der Waals surface area contributed by atoms with E-state index >= 15 is 0 Å². The molecule has 4 heterocycles. The van der Waals surface area contributed by atoms with Gasteiger partial charge in [0.2, 0.25) is 11.9 Å². The Morgan fingerprint density at radius 3 is 2.81 bits per heavy atom. The molecule has 0 bridgehead atoms. The third-order valence-electron chi connectivity index (χ3n) is 5.65. The molecule has 8 nitrogen and oxygen atoms in total. The van der Waals surface area contributed by atoms with Gasteiger partial charge in [-0.2, -0.15) is 23.6 Å². The highest BCUT2D eigenvalue weighted by atomic mass is 35.5. The predicted molar refractivity (Wildman–Crippen MR) is 126 cm³/mol. The zero-order chi connectivity index (χ0) is 20.7. The van der Waals surface area contributed by atoms with E-state index in [4.69, 9.17) is 16.6 Å². The van der Waals surface area contributed by atoms with Gasteiger partial charge >= 0.3 is 0 Å². The molecular weight excluding hydrogens is 434 g/mol. The molecule has 2 aromatic heterocycles. The van der Waals surface area contributed by atoms with E-state index in [1.807, 2.05) is 41.3 Å². The van der Waals surface area contributed by atoms with E-state index in [-0.39, 0.29) is 25.4 Å². The highest BCUT2D eigenvalue weighted by molar-refractivity contribution is 7.59. The number of hydrogen-bond donors (Lipinski definition) is 1. The third-order valence-corrected chi connectivity index (χ3v) is 5.90. The Bertz CT molecular complexity index is 1090. The number of likely N-dealkylation sites (N-methyl/N-ethyl adjacent to an activating group) is 1. The number of hydrogen-bond acceptors (Lipinski definition) is 6. The van der Waals surface area contributed by atoms with Crippen LogP contribution in [0.1, 0.15) is 24.0 Å². The SMILES string of the molecule is CN1C(=O)[C@@H]2CCCN2c2nc(NCc3cnn(Cc4ccc(Cl)cc4)c3)ncc21.S. The first-order chi connectivity index (χ1) is 14.6. The van der Waals surface area contributed by atoms with Crippen molar-refractivity contribution in [2.45, 2.75) is 32.0 Å². The van der Waals surface area contributed by atoms with Crippen LogP contribution in [-0.4, -0.2) is 45.3 Å². The lowest BCUT2D eigenvalue weighted by atomic mass is 10.1. The zero-order valence-electron chi connectivity index (χ0n) is 17.1. The molecule has 5 rings (SSSR count). The summed E-state index contributed by atoms with van der Waals surface area (Å²) in [6.07, 6.45) is 7.44. The van der Waals surface area contributed by atoms with Crippen molar-refractivity contribution in [2.24, 2.45) is 0 Å². The largest absolute Gasteiger partial charge is 0.350 e. The second kappa shape index (κ2) is 8.76. The Hall–Kier alpha value is -2.78. The quantitative estimate of drug-likeness (QED) is 0.634. The smallest absolute Gasteiger partial charge is 0.249 e. The zero-order valence-corrected chi connectivity index (χ0v) is 18.9. The molecule has 31 heavy (non-hydrogen) atoms. The number of amides is 1. The highest BCUT2D eigenvalue weighted by Crippen LogP contribution is 2.37. The maximum Gasteiger partial charge on any atom is 0.249 e. The van der Waals surface area contributed by atoms with E-state index in [1.54, 1.807) is 18.1 Å². The van der Waals surface area contributed by atoms with Gasteiger partial charge in [-0.1, -0.05) is 23.7 Å². The molecule has 1 N–H and O–H groups in total. The fraction of sp³-hybridized carbons (Fsp3) is 0.333. The van der Waals surface area contributed by atoms with E-state index < -0.39 is 0 Å². The standard InChI is InChI=1S/C21H22ClN7O.H2S/c1-27-18-11-24-21(26-19(18)29-8-2-3-17(29)20(27)30)23-9-15-10-25-28(13-15)12-14-4-6-16(22)7-5-14;/h4-7,10-11,13,17H,2-3,8-9,12H2,1H3,(H,23,24,26);1H2/t17-;/m0./s1. The van der Waals surface area contributed by atoms with Crippen LogP contribution in [0.3, 0.4) is 0 Å². The first-order valence-electron chi connectivity index (χ1n) is 9.99. The minimum atomic E-state index is -0.101. The van der Waals surface area contributed by atoms with Crippen molar-refractivity contribution in [2.75, 3.05) is 28.7 Å². The Balaban J connectivity index is 0.00000231. The number of carbonyl (C=O) groups excluding carboxylic acids is 1. The van der Waals surface area contributed by atoms with E-state index in [0.717, 1.165) is 47.0 Å². The van der Waals surface area contributed by atoms with Crippen LogP contribution in [0.15, 0.2) is 42.9 Å². The molecule has 1 amide bonds. The molecule has 162 valence electrons. The molecule has 1 fully saturated rings. The maximum absolute atomic E-state index is 12.5. The fourth-order valence-electron chi connectivity index (χ4n) is 4.06. The Labute approximate surface area is 192 Å². The van der Waals surface area contributed by atoms with E-state index in [0.29, 0.717) is 19.0 Å². The molecule has 0 radical (unpaired) electrons. The number of fused-ring (bicyclic) bond motifs is 3. The van der Waals surface area contributed by atoms with Gasteiger partial charge in [0.25, 0.3) is 0 Å². The van der Waals surface area contributed by atoms with Crippen LogP contribution >= 0.6 is 25.1 Å². The summed E-state index contributed by atoms with van der Waals surface area (Å²) in [6.45, 7) is 2.10. The number of nitrogens with zero attached hydrogens (tertiary/aromatic N) is 6. The maximum atomic E-state index is 12.5. The molecule has 1 aromatic carbocycles. The topological polar surface area (TPSA) is 79.2 Å². The highest BCUT2D eigenvalue weighted by Gasteiger charge is 2.40. The summed E-state index contributed by atoms with van der Waals surface area (Å²) in [5, 5.41) is 8.43. The van der Waals surface area contributed by atoms with Crippen molar-refractivity contribution in [3.8, 4) is 0 Å². The second-order valence-corrected chi connectivity index (χ2v) is 8.11. The molecule has 2 aliphatic rings. The van der Waals surface area contributed by atoms with Gasteiger partial charge in [-0.25, -0.2) is 4.98 Å². The summed E-state index contributed by atoms with van der Waals surface area (Å²) in [5.74, 6) is 1.50. The van der Waals surface area contributed by atoms with Crippen LogP contribution in [0.5, 0.6) is 0 Å². The lowest BCUT2D eigenvalue weighted by Gasteiger charge is -2.36. The minimum Gasteiger partial charge on any atom is -0.350 e. The molecule has 3 aromatic rings. The molecule has 10 heteroatoms. The monoisotopic (exact) mass is 457 g/mol. The van der Waals surface area contributed by atoms with Gasteiger partial charge in [-0.15, -0.1) is 0 Å². The molecule has 0 spiro atoms. The van der Waals surface area contributed by atoms with Gasteiger partial charge in [-0.05, 0) is 30.5 Å². The number of aromatic nitrogens is 4. The van der Waals surface area contributed by atoms with Crippen molar-refractivity contribution >= 4 is 48.5 Å². The predicted octanol–water partition coefficient (Wildman–Crippen LogP) is 3.04. The Morgan fingerprint density at radius 2 is 2.00 bits per heavy atom. The van der Waals surface area contributed by atoms with Gasteiger partial charge in [0.05, 0.1) is 18.9 Å². The molecule has 0 unspecified atom stereocenters. The lowest BCUT2D eigenvalue weighted by molar-refractivity contribution is -0.119. The second-order valence-electron chi connectivity index (χ2n) is 7.68. The van der Waals surface area contributed by atoms with Crippen LogP contribution in [0, 0.1) is 0 Å². The summed E-state index contributed by atoms with van der Waals surface area (Å²) in [6, 6.07) is 7.65. The number of anilines is 3. The first-order valence-corrected chi connectivity index (χ1v) is 10.4. The van der Waals surface area contributed by atoms with Crippen molar-refractivity contribution < 1.29 is 4.79 Å². The first kappa shape index (κ1) is 21.5. The molecule has 0 aliphatic carbocycles. The van der Waals surface area contributed by atoms with Crippen LogP contribution < -0.4 is 15.1 Å². The Morgan fingerprint density at radius 1 is 1.19 bits per heavy atom. The lowest BCUT2D eigenvalue weighted by Crippen LogP contribution is -2.49. The number of carbonyl (C=O) groups is 1.